The molecule has 0 aliphatic carbocycles. The maximum atomic E-state index is 11.1. The summed E-state index contributed by atoms with van der Waals surface area (Å²) in [4.78, 5) is 11.1. The summed E-state index contributed by atoms with van der Waals surface area (Å²) >= 11 is 0. The van der Waals surface area contributed by atoms with E-state index in [1.807, 2.05) is 21.1 Å². The van der Waals surface area contributed by atoms with Crippen LogP contribution in [0.25, 0.3) is 0 Å². The first-order valence-electron chi connectivity index (χ1n) is 4.67. The van der Waals surface area contributed by atoms with E-state index in [4.69, 9.17) is 0 Å². The molecule has 0 heterocycles. The van der Waals surface area contributed by atoms with Crippen molar-refractivity contribution in [2.45, 2.75) is 19.6 Å². The highest BCUT2D eigenvalue weighted by atomic mass is 35.5. The minimum Gasteiger partial charge on any atom is -1.00 e. The molecule has 0 spiro atoms. The Bertz CT molecular complexity index is 224. The molecule has 1 atom stereocenters. The van der Waals surface area contributed by atoms with Gasteiger partial charge >= 0.3 is 0 Å². The van der Waals surface area contributed by atoms with Crippen molar-refractivity contribution >= 4 is 5.91 Å². The molecule has 0 fully saturated rings. The molecule has 0 aliphatic rings. The molecule has 0 aromatic heterocycles. The number of halogens is 1. The van der Waals surface area contributed by atoms with Gasteiger partial charge in [-0.05, 0) is 6.92 Å². The van der Waals surface area contributed by atoms with Gasteiger partial charge in [-0.1, -0.05) is 6.58 Å². The number of amides is 1. The van der Waals surface area contributed by atoms with Gasteiger partial charge in [0, 0.05) is 12.0 Å². The first-order valence-corrected chi connectivity index (χ1v) is 4.67. The number of hydrogen-bond donors (Lipinski definition) is 2. The minimum atomic E-state index is -0.781. The molecule has 5 heteroatoms. The second kappa shape index (κ2) is 6.82. The summed E-state index contributed by atoms with van der Waals surface area (Å²) in [5.41, 5.74) is 0.411. The zero-order valence-corrected chi connectivity index (χ0v) is 10.6. The first kappa shape index (κ1) is 16.8. The van der Waals surface area contributed by atoms with E-state index in [1.165, 1.54) is 0 Å². The van der Waals surface area contributed by atoms with Crippen LogP contribution < -0.4 is 17.7 Å². The predicted octanol–water partition coefficient (Wildman–Crippen LogP) is -2.90. The lowest BCUT2D eigenvalue weighted by atomic mass is 10.3. The first-order chi connectivity index (χ1) is 6.22. The Labute approximate surface area is 98.0 Å². The lowest BCUT2D eigenvalue weighted by Gasteiger charge is -2.25. The lowest BCUT2D eigenvalue weighted by Crippen LogP contribution is -3.00. The second-order valence-electron chi connectivity index (χ2n) is 4.57. The number of carbonyl (C=O) groups is 1. The third-order valence-electron chi connectivity index (χ3n) is 1.76. The average Bonchev–Trinajstić information content (AvgIpc) is 1.99. The molecule has 0 rings (SSSR count). The van der Waals surface area contributed by atoms with Gasteiger partial charge in [-0.3, -0.25) is 4.79 Å². The van der Waals surface area contributed by atoms with Crippen LogP contribution in [0.1, 0.15) is 13.3 Å². The summed E-state index contributed by atoms with van der Waals surface area (Å²) < 4.78 is 0.764. The Morgan fingerprint density at radius 2 is 1.93 bits per heavy atom. The van der Waals surface area contributed by atoms with E-state index in [0.29, 0.717) is 12.0 Å². The summed E-state index contributed by atoms with van der Waals surface area (Å²) in [5.74, 6) is -0.293. The molecule has 1 unspecified atom stereocenters. The number of carbonyl (C=O) groups excluding carboxylic acids is 1. The number of hydrogen-bond acceptors (Lipinski definition) is 2. The predicted molar refractivity (Wildman–Crippen MR) is 56.5 cm³/mol. The molecule has 0 aliphatic heterocycles. The van der Waals surface area contributed by atoms with Crippen molar-refractivity contribution < 1.29 is 26.8 Å². The van der Waals surface area contributed by atoms with E-state index in [9.17, 15) is 9.90 Å². The van der Waals surface area contributed by atoms with Crippen molar-refractivity contribution in [2.75, 3.05) is 27.7 Å². The van der Waals surface area contributed by atoms with E-state index in [2.05, 4.69) is 11.9 Å². The highest BCUT2D eigenvalue weighted by Crippen LogP contribution is 1.97. The summed E-state index contributed by atoms with van der Waals surface area (Å²) in [6, 6.07) is 0. The fourth-order valence-corrected chi connectivity index (χ4v) is 0.856. The Kier molecular flexibility index (Phi) is 7.66. The van der Waals surface area contributed by atoms with E-state index in [0.717, 1.165) is 11.0 Å². The Hall–Kier alpha value is -0.580. The summed E-state index contributed by atoms with van der Waals surface area (Å²) in [6.45, 7) is 5.91. The van der Waals surface area contributed by atoms with Crippen LogP contribution in [0.15, 0.2) is 12.2 Å². The Balaban J connectivity index is 0. The van der Waals surface area contributed by atoms with E-state index in [-0.39, 0.29) is 18.3 Å². The van der Waals surface area contributed by atoms with Gasteiger partial charge in [0.05, 0.1) is 27.7 Å². The summed E-state index contributed by atoms with van der Waals surface area (Å²) in [6.07, 6.45) is -0.237. The van der Waals surface area contributed by atoms with E-state index in [1.54, 1.807) is 6.92 Å². The number of nitrogens with one attached hydrogen (secondary N) is 1. The Morgan fingerprint density at radius 1 is 1.47 bits per heavy atom. The van der Waals surface area contributed by atoms with Gasteiger partial charge in [0.1, 0.15) is 6.23 Å². The average molecular weight is 237 g/mol. The van der Waals surface area contributed by atoms with E-state index >= 15 is 0 Å². The van der Waals surface area contributed by atoms with Crippen LogP contribution in [0.4, 0.5) is 0 Å². The van der Waals surface area contributed by atoms with Crippen LogP contribution in [0, 0.1) is 0 Å². The molecule has 0 saturated heterocycles. The molecule has 0 aromatic rings. The number of rotatable bonds is 5. The Morgan fingerprint density at radius 3 is 2.27 bits per heavy atom. The number of quaternary nitrogens is 1. The molecule has 0 bridgehead atoms. The molecule has 4 nitrogen and oxygen atoms in total. The molecule has 2 N–H and O–H groups in total. The van der Waals surface area contributed by atoms with Crippen LogP contribution in [0.2, 0.25) is 0 Å². The van der Waals surface area contributed by atoms with Crippen molar-refractivity contribution in [1.29, 1.82) is 0 Å². The van der Waals surface area contributed by atoms with Crippen LogP contribution in [0.5, 0.6) is 0 Å². The quantitative estimate of drug-likeness (QED) is 0.306. The molecular formula is C10H21ClN2O2. The summed E-state index contributed by atoms with van der Waals surface area (Å²) in [7, 11) is 6.11. The molecule has 90 valence electrons. The minimum absolute atomic E-state index is 0. The van der Waals surface area contributed by atoms with E-state index < -0.39 is 6.23 Å². The fraction of sp³-hybridized carbons (Fsp3) is 0.700. The molecule has 0 radical (unpaired) electrons. The molecular weight excluding hydrogens is 216 g/mol. The van der Waals surface area contributed by atoms with Gasteiger partial charge in [0.2, 0.25) is 5.91 Å². The number of aliphatic hydroxyl groups is 1. The van der Waals surface area contributed by atoms with Crippen molar-refractivity contribution in [2.24, 2.45) is 0 Å². The highest BCUT2D eigenvalue weighted by molar-refractivity contribution is 5.92. The number of nitrogens with zero attached hydrogens (tertiary/aromatic N) is 1. The third-order valence-corrected chi connectivity index (χ3v) is 1.76. The normalized spacial score (nSPS) is 12.6. The maximum absolute atomic E-state index is 11.1. The van der Waals surface area contributed by atoms with Crippen LogP contribution >= 0.6 is 0 Å². The van der Waals surface area contributed by atoms with Gasteiger partial charge in [-0.15, -0.1) is 0 Å². The standard InChI is InChI=1S/C10H20N2O2.ClH/c1-8(2)10(14)11-9(13)6-7-12(3,4)5;/h9,13H,1,6-7H2,2-5H3;1H. The molecule has 0 saturated carbocycles. The highest BCUT2D eigenvalue weighted by Gasteiger charge is 2.13. The fourth-order valence-electron chi connectivity index (χ4n) is 0.856. The SMILES string of the molecule is C=C(C)C(=O)NC(O)CC[N+](C)(C)C.[Cl-]. The second-order valence-corrected chi connectivity index (χ2v) is 4.57. The number of aliphatic hydroxyl groups excluding tert-OH is 1. The van der Waals surface area contributed by atoms with Gasteiger partial charge in [0.15, 0.2) is 0 Å². The zero-order chi connectivity index (χ0) is 11.4. The van der Waals surface area contributed by atoms with Crippen molar-refractivity contribution in [3.63, 3.8) is 0 Å². The van der Waals surface area contributed by atoms with Crippen molar-refractivity contribution in [3.05, 3.63) is 12.2 Å². The van der Waals surface area contributed by atoms with Crippen LogP contribution in [-0.2, 0) is 4.79 Å². The maximum Gasteiger partial charge on any atom is 0.248 e. The third kappa shape index (κ3) is 9.72. The monoisotopic (exact) mass is 236 g/mol. The zero-order valence-electron chi connectivity index (χ0n) is 9.88. The van der Waals surface area contributed by atoms with Crippen LogP contribution in [-0.4, -0.2) is 49.4 Å². The lowest BCUT2D eigenvalue weighted by molar-refractivity contribution is -0.870. The van der Waals surface area contributed by atoms with Gasteiger partial charge in [-0.25, -0.2) is 0 Å². The molecule has 1 amide bonds. The molecule has 15 heavy (non-hydrogen) atoms. The van der Waals surface area contributed by atoms with Crippen molar-refractivity contribution in [1.82, 2.24) is 5.32 Å². The summed E-state index contributed by atoms with van der Waals surface area (Å²) in [5, 5.41) is 11.9. The van der Waals surface area contributed by atoms with Gasteiger partial charge in [-0.2, -0.15) is 0 Å². The molecule has 0 aromatic carbocycles. The van der Waals surface area contributed by atoms with Crippen molar-refractivity contribution in [3.8, 4) is 0 Å². The smallest absolute Gasteiger partial charge is 0.248 e. The largest absolute Gasteiger partial charge is 1.00 e. The topological polar surface area (TPSA) is 49.3 Å². The van der Waals surface area contributed by atoms with Gasteiger partial charge < -0.3 is 27.3 Å². The van der Waals surface area contributed by atoms with Crippen LogP contribution in [0.3, 0.4) is 0 Å². The van der Waals surface area contributed by atoms with Gasteiger partial charge in [0.25, 0.3) is 0 Å².